The summed E-state index contributed by atoms with van der Waals surface area (Å²) in [4.78, 5) is -0.671. The Morgan fingerprint density at radius 2 is 2.06 bits per heavy atom. The van der Waals surface area contributed by atoms with E-state index in [9.17, 15) is 22.3 Å². The molecule has 0 saturated carbocycles. The van der Waals surface area contributed by atoms with E-state index >= 15 is 0 Å². The van der Waals surface area contributed by atoms with E-state index in [0.717, 1.165) is 16.4 Å². The van der Waals surface area contributed by atoms with Crippen LogP contribution in [0, 0.1) is 11.6 Å². The predicted molar refractivity (Wildman–Crippen MR) is 60.2 cm³/mol. The van der Waals surface area contributed by atoms with Gasteiger partial charge in [-0.05, 0) is 18.6 Å². The first-order chi connectivity index (χ1) is 8.34. The van der Waals surface area contributed by atoms with Gasteiger partial charge in [0.15, 0.2) is 5.82 Å². The van der Waals surface area contributed by atoms with Crippen molar-refractivity contribution in [2.24, 2.45) is 0 Å². The number of aliphatic hydroxyl groups excluding tert-OH is 1. The van der Waals surface area contributed by atoms with Gasteiger partial charge in [-0.15, -0.1) is 0 Å². The molecule has 0 aliphatic carbocycles. The van der Waals surface area contributed by atoms with Crippen LogP contribution >= 0.6 is 0 Å². The van der Waals surface area contributed by atoms with Crippen LogP contribution in [0.1, 0.15) is 6.42 Å². The second-order valence-electron chi connectivity index (χ2n) is 4.08. The molecule has 100 valence electrons. The van der Waals surface area contributed by atoms with Gasteiger partial charge in [0, 0.05) is 13.1 Å². The average molecular weight is 278 g/mol. The van der Waals surface area contributed by atoms with Gasteiger partial charge in [0.25, 0.3) is 0 Å². The van der Waals surface area contributed by atoms with Gasteiger partial charge >= 0.3 is 0 Å². The molecule has 1 atom stereocenters. The van der Waals surface area contributed by atoms with Crippen molar-refractivity contribution in [1.29, 1.82) is 0 Å². The number of benzene rings is 1. The summed E-state index contributed by atoms with van der Waals surface area (Å²) in [5, 5.41) is 9.29. The number of nitrogens with two attached hydrogens (primary N) is 1. The van der Waals surface area contributed by atoms with Gasteiger partial charge in [0.05, 0.1) is 6.10 Å². The molecule has 8 heteroatoms. The quantitative estimate of drug-likeness (QED) is 0.762. The van der Waals surface area contributed by atoms with E-state index in [0.29, 0.717) is 0 Å². The maximum atomic E-state index is 13.7. The molecular formula is C10H12F2N2O3S. The summed E-state index contributed by atoms with van der Waals surface area (Å²) >= 11 is 0. The van der Waals surface area contributed by atoms with Crippen LogP contribution in [-0.2, 0) is 10.0 Å². The van der Waals surface area contributed by atoms with E-state index in [1.807, 2.05) is 0 Å². The molecule has 1 fully saturated rings. The fourth-order valence-electron chi connectivity index (χ4n) is 1.82. The Morgan fingerprint density at radius 1 is 1.39 bits per heavy atom. The summed E-state index contributed by atoms with van der Waals surface area (Å²) in [6.07, 6.45) is -0.474. The van der Waals surface area contributed by atoms with E-state index in [1.54, 1.807) is 0 Å². The Balaban J connectivity index is 2.45. The first kappa shape index (κ1) is 13.2. The zero-order chi connectivity index (χ0) is 13.5. The monoisotopic (exact) mass is 278 g/mol. The van der Waals surface area contributed by atoms with Crippen LogP contribution in [0.4, 0.5) is 14.5 Å². The molecule has 5 nitrogen and oxygen atoms in total. The fourth-order valence-corrected chi connectivity index (χ4v) is 3.39. The van der Waals surface area contributed by atoms with Gasteiger partial charge in [0.2, 0.25) is 10.0 Å². The predicted octanol–water partition coefficient (Wildman–Crippen LogP) is 0.302. The largest absolute Gasteiger partial charge is 0.394 e. The molecule has 1 heterocycles. The van der Waals surface area contributed by atoms with E-state index < -0.39 is 38.3 Å². The van der Waals surface area contributed by atoms with Crippen LogP contribution in [0.5, 0.6) is 0 Å². The molecule has 1 aliphatic rings. The Hall–Kier alpha value is -1.25. The highest BCUT2D eigenvalue weighted by Gasteiger charge is 2.34. The van der Waals surface area contributed by atoms with Gasteiger partial charge in [-0.1, -0.05) is 0 Å². The number of halogens is 2. The number of aliphatic hydroxyl groups is 1. The molecular weight excluding hydrogens is 266 g/mol. The minimum Gasteiger partial charge on any atom is -0.394 e. The molecule has 0 unspecified atom stereocenters. The van der Waals surface area contributed by atoms with Crippen LogP contribution in [0.15, 0.2) is 17.0 Å². The summed E-state index contributed by atoms with van der Waals surface area (Å²) in [5.74, 6) is -2.30. The van der Waals surface area contributed by atoms with Gasteiger partial charge in [-0.2, -0.15) is 4.31 Å². The van der Waals surface area contributed by atoms with E-state index in [-0.39, 0.29) is 19.5 Å². The van der Waals surface area contributed by atoms with Crippen molar-refractivity contribution >= 4 is 15.7 Å². The Labute approximate surface area is 103 Å². The molecule has 1 aliphatic heterocycles. The average Bonchev–Trinajstić information content (AvgIpc) is 2.73. The second kappa shape index (κ2) is 4.45. The summed E-state index contributed by atoms with van der Waals surface area (Å²) in [6, 6.07) is 1.64. The molecule has 0 bridgehead atoms. The van der Waals surface area contributed by atoms with Crippen LogP contribution in [0.2, 0.25) is 0 Å². The summed E-state index contributed by atoms with van der Waals surface area (Å²) in [7, 11) is -4.09. The number of hydrogen-bond donors (Lipinski definition) is 2. The van der Waals surface area contributed by atoms with Crippen molar-refractivity contribution in [1.82, 2.24) is 4.31 Å². The lowest BCUT2D eigenvalue weighted by Crippen LogP contribution is -2.30. The highest BCUT2D eigenvalue weighted by Crippen LogP contribution is 2.27. The highest BCUT2D eigenvalue weighted by atomic mass is 32.2. The van der Waals surface area contributed by atoms with Crippen LogP contribution in [-0.4, -0.2) is 37.0 Å². The molecule has 1 aromatic carbocycles. The topological polar surface area (TPSA) is 83.6 Å². The zero-order valence-electron chi connectivity index (χ0n) is 9.31. The molecule has 1 saturated heterocycles. The van der Waals surface area contributed by atoms with E-state index in [2.05, 4.69) is 0 Å². The van der Waals surface area contributed by atoms with E-state index in [1.165, 1.54) is 0 Å². The van der Waals surface area contributed by atoms with Gasteiger partial charge < -0.3 is 10.8 Å². The maximum absolute atomic E-state index is 13.7. The second-order valence-corrected chi connectivity index (χ2v) is 5.99. The number of nitrogen functional groups attached to an aromatic ring is 1. The van der Waals surface area contributed by atoms with Crippen LogP contribution in [0.25, 0.3) is 0 Å². The smallest absolute Gasteiger partial charge is 0.246 e. The van der Waals surface area contributed by atoms with Gasteiger partial charge in [-0.25, -0.2) is 17.2 Å². The van der Waals surface area contributed by atoms with Crippen molar-refractivity contribution in [2.75, 3.05) is 18.8 Å². The van der Waals surface area contributed by atoms with Crippen LogP contribution in [0.3, 0.4) is 0 Å². The summed E-state index contributed by atoms with van der Waals surface area (Å²) in [5.41, 5.74) is 4.30. The minimum absolute atomic E-state index is 0.0974. The number of hydrogen-bond acceptors (Lipinski definition) is 4. The van der Waals surface area contributed by atoms with Crippen LogP contribution < -0.4 is 5.73 Å². The standard InChI is InChI=1S/C10H12F2N2O3S/c11-7-1-2-8(9(12)10(7)13)18(16,17)14-4-3-6(15)5-14/h1-2,6,15H,3-5,13H2/t6-/m0/s1. The lowest BCUT2D eigenvalue weighted by atomic mass is 10.3. The lowest BCUT2D eigenvalue weighted by molar-refractivity contribution is 0.189. The first-order valence-electron chi connectivity index (χ1n) is 5.25. The molecule has 1 aromatic rings. The third kappa shape index (κ3) is 2.06. The van der Waals surface area contributed by atoms with Crippen molar-refractivity contribution in [3.05, 3.63) is 23.8 Å². The van der Waals surface area contributed by atoms with Crippen molar-refractivity contribution in [3.63, 3.8) is 0 Å². The third-order valence-electron chi connectivity index (χ3n) is 2.84. The molecule has 0 spiro atoms. The molecule has 18 heavy (non-hydrogen) atoms. The first-order valence-corrected chi connectivity index (χ1v) is 6.69. The van der Waals surface area contributed by atoms with Gasteiger partial charge in [-0.3, -0.25) is 0 Å². The summed E-state index contributed by atoms with van der Waals surface area (Å²) < 4.78 is 51.7. The highest BCUT2D eigenvalue weighted by molar-refractivity contribution is 7.89. The molecule has 0 amide bonds. The van der Waals surface area contributed by atoms with E-state index in [4.69, 9.17) is 5.73 Å². The SMILES string of the molecule is Nc1c(F)ccc(S(=O)(=O)N2CC[C@H](O)C2)c1F. The molecule has 2 rings (SSSR count). The Morgan fingerprint density at radius 3 is 2.61 bits per heavy atom. The molecule has 0 radical (unpaired) electrons. The number of rotatable bonds is 2. The number of anilines is 1. The van der Waals surface area contributed by atoms with Crippen molar-refractivity contribution in [3.8, 4) is 0 Å². The zero-order valence-corrected chi connectivity index (χ0v) is 10.1. The minimum atomic E-state index is -4.09. The number of nitrogens with zero attached hydrogens (tertiary/aromatic N) is 1. The Kier molecular flexibility index (Phi) is 3.26. The number of β-amino-alcohol motifs (C(OH)–C–C–N with tert-alkyl or cyclic N) is 1. The molecule has 0 aromatic heterocycles. The van der Waals surface area contributed by atoms with Crippen molar-refractivity contribution < 1.29 is 22.3 Å². The van der Waals surface area contributed by atoms with Gasteiger partial charge in [0.1, 0.15) is 16.4 Å². The lowest BCUT2D eigenvalue weighted by Gasteiger charge is -2.16. The number of sulfonamides is 1. The maximum Gasteiger partial charge on any atom is 0.246 e. The summed E-state index contributed by atoms with van der Waals surface area (Å²) in [6.45, 7) is -0.000719. The van der Waals surface area contributed by atoms with Crippen molar-refractivity contribution in [2.45, 2.75) is 17.4 Å². The normalized spacial score (nSPS) is 21.4. The fraction of sp³-hybridized carbons (Fsp3) is 0.400. The molecule has 3 N–H and O–H groups in total. The Bertz CT molecular complexity index is 577. The third-order valence-corrected chi connectivity index (χ3v) is 4.72.